The molecule has 0 spiro atoms. The van der Waals surface area contributed by atoms with E-state index in [1.165, 1.54) is 6.20 Å². The minimum Gasteiger partial charge on any atom is -0.403 e. The van der Waals surface area contributed by atoms with Crippen molar-refractivity contribution in [1.29, 1.82) is 0 Å². The molecule has 216 valence electrons. The number of rotatable bonds is 7. The number of aromatic nitrogens is 2. The van der Waals surface area contributed by atoms with Gasteiger partial charge < -0.3 is 11.1 Å². The third-order valence-corrected chi connectivity index (χ3v) is 5.72. The highest BCUT2D eigenvalue weighted by Gasteiger charge is 2.15. The van der Waals surface area contributed by atoms with Crippen molar-refractivity contribution in [2.24, 2.45) is 12.8 Å². The highest BCUT2D eigenvalue weighted by atomic mass is 35.5. The molecule has 2 aromatic carbocycles. The average molecular weight is 567 g/mol. The molecule has 1 aromatic heterocycles. The molecular weight excluding hydrogens is 525 g/mol. The molecule has 1 heterocycles. The van der Waals surface area contributed by atoms with Gasteiger partial charge in [0.1, 0.15) is 5.82 Å². The molecule has 39 heavy (non-hydrogen) atoms. The first-order valence-electron chi connectivity index (χ1n) is 13.1. The first-order valence-corrected chi connectivity index (χ1v) is 13.5. The predicted octanol–water partition coefficient (Wildman–Crippen LogP) is 7.99. The molecule has 0 fully saturated rings. The Balaban J connectivity index is 0.00000162. The van der Waals surface area contributed by atoms with Crippen LogP contribution in [0.15, 0.2) is 70.1 Å². The van der Waals surface area contributed by atoms with Gasteiger partial charge in [-0.3, -0.25) is 9.36 Å². The minimum absolute atomic E-state index is 0.0455. The van der Waals surface area contributed by atoms with Crippen molar-refractivity contribution in [3.8, 4) is 11.4 Å². The van der Waals surface area contributed by atoms with Crippen LogP contribution in [0.3, 0.4) is 0 Å². The molecule has 1 unspecified atom stereocenters. The molecule has 3 N–H and O–H groups in total. The van der Waals surface area contributed by atoms with E-state index in [0.717, 1.165) is 34.2 Å². The molecule has 0 radical (unpaired) electrons. The van der Waals surface area contributed by atoms with Gasteiger partial charge in [-0.25, -0.2) is 4.98 Å². The number of fused-ring (bicyclic) bond motifs is 1. The summed E-state index contributed by atoms with van der Waals surface area (Å²) < 4.78 is 30.6. The number of nitrogens with one attached hydrogen (secondary N) is 1. The second kappa shape index (κ2) is 19.0. The fraction of sp³-hybridized carbons (Fsp3) is 0.400. The molecule has 0 saturated heterocycles. The van der Waals surface area contributed by atoms with E-state index in [1.807, 2.05) is 77.1 Å². The van der Waals surface area contributed by atoms with E-state index >= 15 is 0 Å². The van der Waals surface area contributed by atoms with Crippen LogP contribution in [0.2, 0.25) is 0 Å². The van der Waals surface area contributed by atoms with Crippen LogP contribution in [0.4, 0.5) is 13.2 Å². The highest BCUT2D eigenvalue weighted by Crippen LogP contribution is 2.22. The number of allylic oxidation sites excluding steroid dienone is 2. The van der Waals surface area contributed by atoms with Gasteiger partial charge in [-0.05, 0) is 43.5 Å². The predicted molar refractivity (Wildman–Crippen MR) is 160 cm³/mol. The fourth-order valence-electron chi connectivity index (χ4n) is 3.74. The quantitative estimate of drug-likeness (QED) is 0.284. The van der Waals surface area contributed by atoms with Crippen LogP contribution in [0.25, 0.3) is 22.3 Å². The molecule has 0 bridgehead atoms. The molecule has 0 aliphatic carbocycles. The summed E-state index contributed by atoms with van der Waals surface area (Å²) >= 11 is 6.09. The number of hydrogen-bond acceptors (Lipinski definition) is 4. The van der Waals surface area contributed by atoms with Gasteiger partial charge in [-0.2, -0.15) is 13.2 Å². The molecule has 5 nitrogen and oxygen atoms in total. The first-order chi connectivity index (χ1) is 18.6. The summed E-state index contributed by atoms with van der Waals surface area (Å²) in [7, 11) is 1.77. The van der Waals surface area contributed by atoms with Crippen molar-refractivity contribution in [2.75, 3.05) is 0 Å². The van der Waals surface area contributed by atoms with Gasteiger partial charge >= 0.3 is 6.68 Å². The van der Waals surface area contributed by atoms with Crippen molar-refractivity contribution in [2.45, 2.75) is 74.2 Å². The third-order valence-electron chi connectivity index (χ3n) is 5.48. The lowest BCUT2D eigenvalue weighted by Crippen LogP contribution is -2.28. The van der Waals surface area contributed by atoms with Crippen molar-refractivity contribution >= 4 is 22.5 Å². The summed E-state index contributed by atoms with van der Waals surface area (Å²) in [5, 5.41) is 4.70. The molecule has 0 saturated carbocycles. The lowest BCUT2D eigenvalue weighted by molar-refractivity contribution is 0.00819. The van der Waals surface area contributed by atoms with E-state index in [2.05, 4.69) is 25.2 Å². The van der Waals surface area contributed by atoms with E-state index in [9.17, 15) is 18.0 Å². The summed E-state index contributed by atoms with van der Waals surface area (Å²) in [5.41, 5.74) is 10.3. The number of hydrogen-bond donors (Lipinski definition) is 2. The van der Waals surface area contributed by atoms with Gasteiger partial charge in [0.15, 0.2) is 0 Å². The first kappa shape index (κ1) is 35.9. The van der Waals surface area contributed by atoms with Crippen LogP contribution in [0.5, 0.6) is 0 Å². The monoisotopic (exact) mass is 566 g/mol. The highest BCUT2D eigenvalue weighted by molar-refractivity contribution is 6.31. The summed E-state index contributed by atoms with van der Waals surface area (Å²) in [5.74, 6) is 0.658. The van der Waals surface area contributed by atoms with Gasteiger partial charge in [0, 0.05) is 31.4 Å². The standard InChI is InChI=1S/C25H29ClN4O.2C2H6.CHF3/c1-5-18(13-21(26)14-27)17(3)28-15-20-11-16(2)12-22-23(20)29-24(30(4)25(22)31)19-9-7-6-8-10-19;2*1-2;2-1(3)4/h6-14,17,28H,5,15,27H2,1-4H3;2*1-2H3;1H/b18-13-,21-14+;;;. The van der Waals surface area contributed by atoms with Crippen LogP contribution in [0, 0.1) is 6.92 Å². The van der Waals surface area contributed by atoms with Gasteiger partial charge in [0.25, 0.3) is 5.56 Å². The normalized spacial score (nSPS) is 12.0. The number of benzene rings is 2. The molecule has 0 amide bonds. The van der Waals surface area contributed by atoms with Crippen molar-refractivity contribution in [3.05, 3.63) is 86.8 Å². The van der Waals surface area contributed by atoms with Crippen LogP contribution in [-0.2, 0) is 13.6 Å². The number of aryl methyl sites for hydroxylation is 1. The fourth-order valence-corrected chi connectivity index (χ4v) is 3.88. The second-order valence-corrected chi connectivity index (χ2v) is 8.40. The summed E-state index contributed by atoms with van der Waals surface area (Å²) in [4.78, 5) is 18.0. The van der Waals surface area contributed by atoms with Gasteiger partial charge in [-0.15, -0.1) is 0 Å². The smallest absolute Gasteiger partial charge is 0.379 e. The Hall–Kier alpha value is -3.10. The van der Waals surface area contributed by atoms with Gasteiger partial charge in [-0.1, -0.05) is 88.2 Å². The average Bonchev–Trinajstić information content (AvgIpc) is 2.94. The molecule has 1 atom stereocenters. The Labute approximate surface area is 235 Å². The maximum Gasteiger partial charge on any atom is 0.379 e. The lowest BCUT2D eigenvalue weighted by Gasteiger charge is -2.18. The van der Waals surface area contributed by atoms with Crippen LogP contribution in [0.1, 0.15) is 59.1 Å². The Morgan fingerprint density at radius 2 is 1.69 bits per heavy atom. The van der Waals surface area contributed by atoms with Gasteiger partial charge in [0.05, 0.1) is 15.9 Å². The second-order valence-electron chi connectivity index (χ2n) is 7.96. The van der Waals surface area contributed by atoms with Gasteiger partial charge in [0.2, 0.25) is 0 Å². The van der Waals surface area contributed by atoms with E-state index in [4.69, 9.17) is 22.3 Å². The van der Waals surface area contributed by atoms with Crippen molar-refractivity contribution < 1.29 is 13.2 Å². The van der Waals surface area contributed by atoms with E-state index in [-0.39, 0.29) is 11.6 Å². The zero-order chi connectivity index (χ0) is 30.1. The Bertz CT molecular complexity index is 1260. The topological polar surface area (TPSA) is 72.9 Å². The Morgan fingerprint density at radius 1 is 1.13 bits per heavy atom. The summed E-state index contributed by atoms with van der Waals surface area (Å²) in [6, 6.07) is 13.9. The number of nitrogens with two attached hydrogens (primary N) is 1. The SMILES string of the molecule is CC.CC.CC/C(=C/C(Cl)=C\N)C(C)NCc1cc(C)cc2c(=O)n(C)c(-c3ccccc3)nc12.FC(F)F. The lowest BCUT2D eigenvalue weighted by atomic mass is 10.0. The Kier molecular flexibility index (Phi) is 17.5. The number of alkyl halides is 3. The molecular formula is C30H42ClF3N4O. The molecule has 3 aromatic rings. The maximum atomic E-state index is 13.1. The van der Waals surface area contributed by atoms with Crippen LogP contribution >= 0.6 is 11.6 Å². The zero-order valence-corrected chi connectivity index (χ0v) is 24.9. The van der Waals surface area contributed by atoms with E-state index in [0.29, 0.717) is 22.8 Å². The van der Waals surface area contributed by atoms with Crippen molar-refractivity contribution in [1.82, 2.24) is 14.9 Å². The third kappa shape index (κ3) is 11.3. The molecule has 9 heteroatoms. The van der Waals surface area contributed by atoms with Crippen LogP contribution in [-0.4, -0.2) is 22.3 Å². The largest absolute Gasteiger partial charge is 0.403 e. The zero-order valence-electron chi connectivity index (χ0n) is 24.2. The molecule has 3 rings (SSSR count). The summed E-state index contributed by atoms with van der Waals surface area (Å²) in [6.45, 7) is 11.1. The molecule has 0 aliphatic rings. The van der Waals surface area contributed by atoms with Crippen molar-refractivity contribution in [3.63, 3.8) is 0 Å². The number of nitrogens with zero attached hydrogens (tertiary/aromatic N) is 2. The summed E-state index contributed by atoms with van der Waals surface area (Å²) in [6.07, 6.45) is 4.14. The molecule has 0 aliphatic heterocycles. The minimum atomic E-state index is -3.67. The number of halogens is 4. The maximum absolute atomic E-state index is 13.1. The van der Waals surface area contributed by atoms with Crippen LogP contribution < -0.4 is 16.6 Å². The Morgan fingerprint density at radius 3 is 2.21 bits per heavy atom. The van der Waals surface area contributed by atoms with E-state index in [1.54, 1.807) is 11.6 Å². The van der Waals surface area contributed by atoms with E-state index < -0.39 is 6.68 Å².